The van der Waals surface area contributed by atoms with Crippen molar-refractivity contribution in [3.8, 4) is 0 Å². The zero-order chi connectivity index (χ0) is 21.1. The number of nitrogens with zero attached hydrogens (tertiary/aromatic N) is 3. The van der Waals surface area contributed by atoms with Crippen LogP contribution >= 0.6 is 0 Å². The minimum Gasteiger partial charge on any atom is -0.480 e. The molecule has 156 valence electrons. The Labute approximate surface area is 166 Å². The van der Waals surface area contributed by atoms with Crippen LogP contribution in [0.25, 0.3) is 0 Å². The van der Waals surface area contributed by atoms with Crippen molar-refractivity contribution < 1.29 is 23.1 Å². The Balaban J connectivity index is 2.07. The van der Waals surface area contributed by atoms with Gasteiger partial charge >= 0.3 is 5.97 Å². The highest BCUT2D eigenvalue weighted by Crippen LogP contribution is 2.27. The number of hydrogen-bond acceptors (Lipinski definition) is 5. The molecule has 0 saturated carbocycles. The number of hydrogen-bond donors (Lipinski definition) is 1. The predicted molar refractivity (Wildman–Crippen MR) is 106 cm³/mol. The van der Waals surface area contributed by atoms with E-state index in [4.69, 9.17) is 0 Å². The molecule has 28 heavy (non-hydrogen) atoms. The molecule has 0 aromatic carbocycles. The summed E-state index contributed by atoms with van der Waals surface area (Å²) in [6.07, 6.45) is 9.16. The molecule has 2 heterocycles. The molecule has 0 bridgehead atoms. The molecule has 1 fully saturated rings. The lowest BCUT2D eigenvalue weighted by Gasteiger charge is -2.36. The summed E-state index contributed by atoms with van der Waals surface area (Å²) in [5, 5.41) is 9.58. The first-order valence-corrected chi connectivity index (χ1v) is 10.8. The second kappa shape index (κ2) is 8.91. The van der Waals surface area contributed by atoms with E-state index >= 15 is 0 Å². The summed E-state index contributed by atoms with van der Waals surface area (Å²) >= 11 is 0. The topological polar surface area (TPSA) is 98.2 Å². The number of sulfonamides is 1. The number of carbonyl (C=O) groups excluding carboxylic acids is 1. The monoisotopic (exact) mass is 411 g/mol. The zero-order valence-electron chi connectivity index (χ0n) is 16.8. The summed E-state index contributed by atoms with van der Waals surface area (Å²) < 4.78 is 27.3. The summed E-state index contributed by atoms with van der Waals surface area (Å²) in [7, 11) is -0.487. The van der Waals surface area contributed by atoms with E-state index in [0.717, 1.165) is 0 Å². The Morgan fingerprint density at radius 3 is 2.32 bits per heavy atom. The number of rotatable bonds is 6. The minimum absolute atomic E-state index is 0.185. The molecule has 1 amide bonds. The number of carbonyl (C=O) groups is 2. The zero-order valence-corrected chi connectivity index (χ0v) is 17.6. The summed E-state index contributed by atoms with van der Waals surface area (Å²) in [6, 6.07) is -0.891. The molecule has 0 aromatic heterocycles. The van der Waals surface area contributed by atoms with Crippen molar-refractivity contribution in [2.24, 2.45) is 11.8 Å². The fourth-order valence-corrected chi connectivity index (χ4v) is 5.27. The summed E-state index contributed by atoms with van der Waals surface area (Å²) in [5.74, 6) is -1.87. The van der Waals surface area contributed by atoms with Crippen LogP contribution < -0.4 is 0 Å². The van der Waals surface area contributed by atoms with E-state index in [9.17, 15) is 23.1 Å². The van der Waals surface area contributed by atoms with E-state index in [2.05, 4.69) is 0 Å². The maximum Gasteiger partial charge on any atom is 0.326 e. The van der Waals surface area contributed by atoms with Crippen molar-refractivity contribution in [3.05, 3.63) is 35.5 Å². The normalized spacial score (nSPS) is 20.0. The molecule has 8 nitrogen and oxygen atoms in total. The molecular weight excluding hydrogens is 382 g/mol. The van der Waals surface area contributed by atoms with Gasteiger partial charge in [0.25, 0.3) is 10.0 Å². The first-order valence-electron chi connectivity index (χ1n) is 9.35. The molecule has 0 spiro atoms. The van der Waals surface area contributed by atoms with Gasteiger partial charge in [-0.2, -0.15) is 4.31 Å². The van der Waals surface area contributed by atoms with Gasteiger partial charge in [-0.15, -0.1) is 0 Å². The van der Waals surface area contributed by atoms with Crippen molar-refractivity contribution in [1.82, 2.24) is 14.1 Å². The van der Waals surface area contributed by atoms with Crippen LogP contribution in [0.1, 0.15) is 26.7 Å². The van der Waals surface area contributed by atoms with Crippen LogP contribution in [0.2, 0.25) is 0 Å². The van der Waals surface area contributed by atoms with Gasteiger partial charge in [-0.25, -0.2) is 13.2 Å². The smallest absolute Gasteiger partial charge is 0.326 e. The number of carboxylic acids is 1. The molecule has 2 aliphatic rings. The molecule has 0 aliphatic carbocycles. The second-order valence-electron chi connectivity index (χ2n) is 7.50. The standard InChI is InChI=1S/C19H29N3O5S/c1-14(2)17(19(24)25)21(4)18(23)15-9-12-22(13-10-15)28(26,27)16-8-6-5-7-11-20(16)3/h5-8,11,14-15,17H,9-10,12-13H2,1-4H3,(H,24,25)/t17-/m0/s1. The quantitative estimate of drug-likeness (QED) is 0.710. The van der Waals surface area contributed by atoms with Crippen LogP contribution in [0.5, 0.6) is 0 Å². The number of allylic oxidation sites excluding steroid dienone is 4. The first-order chi connectivity index (χ1) is 13.1. The van der Waals surface area contributed by atoms with Crippen LogP contribution in [-0.2, 0) is 19.6 Å². The molecule has 1 saturated heterocycles. The SMILES string of the molecule is CC(C)[C@@H](C(=O)O)N(C)C(=O)C1CCN(S(=O)(=O)C2=CC=CC=CN2C)CC1. The van der Waals surface area contributed by atoms with Crippen LogP contribution in [0, 0.1) is 11.8 Å². The van der Waals surface area contributed by atoms with Gasteiger partial charge in [0.15, 0.2) is 0 Å². The molecule has 0 aromatic rings. The number of carboxylic acid groups (broad SMARTS) is 1. The Hall–Kier alpha value is -2.13. The number of likely N-dealkylation sites (N-methyl/N-ethyl adjacent to an activating group) is 1. The van der Waals surface area contributed by atoms with Gasteiger partial charge < -0.3 is 14.9 Å². The van der Waals surface area contributed by atoms with Crippen LogP contribution in [0.15, 0.2) is 35.5 Å². The van der Waals surface area contributed by atoms with Gasteiger partial charge in [-0.3, -0.25) is 4.79 Å². The van der Waals surface area contributed by atoms with Crippen molar-refractivity contribution in [1.29, 1.82) is 0 Å². The molecular formula is C19H29N3O5S. The first kappa shape index (κ1) is 22.2. The fourth-order valence-electron chi connectivity index (χ4n) is 3.64. The van der Waals surface area contributed by atoms with Crippen molar-refractivity contribution >= 4 is 21.9 Å². The van der Waals surface area contributed by atoms with E-state index in [0.29, 0.717) is 12.8 Å². The molecule has 1 N–H and O–H groups in total. The molecule has 1 atom stereocenters. The lowest BCUT2D eigenvalue weighted by atomic mass is 9.94. The van der Waals surface area contributed by atoms with Gasteiger partial charge in [-0.1, -0.05) is 26.0 Å². The average Bonchev–Trinajstić information content (AvgIpc) is 2.85. The van der Waals surface area contributed by atoms with E-state index in [1.165, 1.54) is 16.3 Å². The van der Waals surface area contributed by atoms with Crippen LogP contribution in [-0.4, -0.2) is 72.7 Å². The van der Waals surface area contributed by atoms with Gasteiger partial charge in [0.05, 0.1) is 0 Å². The van der Waals surface area contributed by atoms with Gasteiger partial charge in [0.2, 0.25) is 5.91 Å². The maximum atomic E-state index is 13.0. The van der Waals surface area contributed by atoms with Gasteiger partial charge in [-0.05, 0) is 30.9 Å². The number of aliphatic carboxylic acids is 1. The molecule has 2 aliphatic heterocycles. The Bertz CT molecular complexity index is 792. The van der Waals surface area contributed by atoms with E-state index in [1.54, 1.807) is 56.3 Å². The summed E-state index contributed by atoms with van der Waals surface area (Å²) in [4.78, 5) is 27.1. The van der Waals surface area contributed by atoms with Crippen LogP contribution in [0.3, 0.4) is 0 Å². The minimum atomic E-state index is -3.67. The third kappa shape index (κ3) is 4.64. The third-order valence-corrected chi connectivity index (χ3v) is 7.17. The fraction of sp³-hybridized carbons (Fsp3) is 0.579. The van der Waals surface area contributed by atoms with Crippen molar-refractivity contribution in [3.63, 3.8) is 0 Å². The second-order valence-corrected chi connectivity index (χ2v) is 9.38. The molecule has 2 rings (SSSR count). The average molecular weight is 412 g/mol. The lowest BCUT2D eigenvalue weighted by molar-refractivity contribution is -0.153. The van der Waals surface area contributed by atoms with E-state index < -0.39 is 22.0 Å². The third-order valence-electron chi connectivity index (χ3n) is 5.18. The van der Waals surface area contributed by atoms with E-state index in [-0.39, 0.29) is 35.9 Å². The van der Waals surface area contributed by atoms with Gasteiger partial charge in [0.1, 0.15) is 11.1 Å². The molecule has 9 heteroatoms. The summed E-state index contributed by atoms with van der Waals surface area (Å²) in [5.41, 5.74) is 0. The maximum absolute atomic E-state index is 13.0. The van der Waals surface area contributed by atoms with Crippen molar-refractivity contribution in [2.75, 3.05) is 27.2 Å². The Kier molecular flexibility index (Phi) is 7.06. The number of piperidine rings is 1. The van der Waals surface area contributed by atoms with E-state index in [1.807, 2.05) is 0 Å². The molecule has 0 unspecified atom stereocenters. The predicted octanol–water partition coefficient (Wildman–Crippen LogP) is 1.45. The summed E-state index contributed by atoms with van der Waals surface area (Å²) in [6.45, 7) is 3.98. The Morgan fingerprint density at radius 1 is 1.18 bits per heavy atom. The van der Waals surface area contributed by atoms with Crippen molar-refractivity contribution in [2.45, 2.75) is 32.7 Å². The highest BCUT2D eigenvalue weighted by atomic mass is 32.2. The lowest BCUT2D eigenvalue weighted by Crippen LogP contribution is -2.50. The highest BCUT2D eigenvalue weighted by Gasteiger charge is 2.38. The largest absolute Gasteiger partial charge is 0.480 e. The van der Waals surface area contributed by atoms with Gasteiger partial charge in [0, 0.05) is 39.3 Å². The highest BCUT2D eigenvalue weighted by molar-refractivity contribution is 7.92. The Morgan fingerprint density at radius 2 is 1.79 bits per heavy atom. The molecule has 0 radical (unpaired) electrons. The number of amides is 1. The van der Waals surface area contributed by atoms with Crippen LogP contribution in [0.4, 0.5) is 0 Å².